The fourth-order valence-corrected chi connectivity index (χ4v) is 3.13. The van der Waals surface area contributed by atoms with Crippen LogP contribution < -0.4 is 5.32 Å². The minimum atomic E-state index is 0.115. The molecule has 1 aliphatic rings. The summed E-state index contributed by atoms with van der Waals surface area (Å²) < 4.78 is 1.96. The SMILES string of the molecule is CCn1cc(C2=CCN(CCC(=O)NCc3ccc(C)cc3)CC2)cn1. The summed E-state index contributed by atoms with van der Waals surface area (Å²) in [5, 5.41) is 7.36. The van der Waals surface area contributed by atoms with Gasteiger partial charge in [-0.1, -0.05) is 35.9 Å². The van der Waals surface area contributed by atoms with E-state index < -0.39 is 0 Å². The number of amides is 1. The van der Waals surface area contributed by atoms with Crippen LogP contribution in [0.1, 0.15) is 36.5 Å². The lowest BCUT2D eigenvalue weighted by Gasteiger charge is -2.25. The zero-order valence-electron chi connectivity index (χ0n) is 15.7. The van der Waals surface area contributed by atoms with Crippen LogP contribution >= 0.6 is 0 Å². The van der Waals surface area contributed by atoms with Crippen molar-refractivity contribution in [2.45, 2.75) is 39.8 Å². The molecule has 0 aliphatic carbocycles. The molecule has 0 spiro atoms. The molecule has 0 unspecified atom stereocenters. The average Bonchev–Trinajstić information content (AvgIpc) is 3.15. The van der Waals surface area contributed by atoms with Crippen molar-refractivity contribution in [1.82, 2.24) is 20.0 Å². The molecule has 1 aromatic heterocycles. The van der Waals surface area contributed by atoms with Gasteiger partial charge in [0.25, 0.3) is 0 Å². The van der Waals surface area contributed by atoms with Gasteiger partial charge in [-0.05, 0) is 31.4 Å². The van der Waals surface area contributed by atoms with E-state index in [-0.39, 0.29) is 5.91 Å². The first kappa shape index (κ1) is 18.4. The number of aromatic nitrogens is 2. The average molecular weight is 352 g/mol. The standard InChI is InChI=1S/C21H28N4O/c1-3-25-16-20(15-23-25)19-8-11-24(12-9-19)13-10-21(26)22-14-18-6-4-17(2)5-7-18/h4-8,15-16H,3,9-14H2,1-2H3,(H,22,26). The Hall–Kier alpha value is -2.40. The van der Waals surface area contributed by atoms with Crippen molar-refractivity contribution in [3.8, 4) is 0 Å². The highest BCUT2D eigenvalue weighted by Gasteiger charge is 2.15. The van der Waals surface area contributed by atoms with E-state index in [0.29, 0.717) is 13.0 Å². The van der Waals surface area contributed by atoms with Gasteiger partial charge in [-0.25, -0.2) is 0 Å². The molecular weight excluding hydrogens is 324 g/mol. The van der Waals surface area contributed by atoms with Crippen LogP contribution in [-0.2, 0) is 17.9 Å². The summed E-state index contributed by atoms with van der Waals surface area (Å²) in [6.07, 6.45) is 7.89. The largest absolute Gasteiger partial charge is 0.352 e. The number of carbonyl (C=O) groups is 1. The van der Waals surface area contributed by atoms with Crippen LogP contribution in [0.25, 0.3) is 5.57 Å². The Labute approximate surface area is 155 Å². The van der Waals surface area contributed by atoms with Crippen LogP contribution in [0.4, 0.5) is 0 Å². The predicted molar refractivity (Wildman–Crippen MR) is 105 cm³/mol. The fourth-order valence-electron chi connectivity index (χ4n) is 3.13. The summed E-state index contributed by atoms with van der Waals surface area (Å²) in [7, 11) is 0. The third-order valence-electron chi connectivity index (χ3n) is 4.89. The van der Waals surface area contributed by atoms with Crippen LogP contribution in [0.3, 0.4) is 0 Å². The molecule has 2 heterocycles. The second kappa shape index (κ2) is 8.81. The minimum absolute atomic E-state index is 0.115. The van der Waals surface area contributed by atoms with Crippen molar-refractivity contribution in [1.29, 1.82) is 0 Å². The van der Waals surface area contributed by atoms with Crippen molar-refractivity contribution in [2.75, 3.05) is 19.6 Å². The number of nitrogens with one attached hydrogen (secondary N) is 1. The summed E-state index contributed by atoms with van der Waals surface area (Å²) in [4.78, 5) is 14.4. The molecule has 5 nitrogen and oxygen atoms in total. The van der Waals surface area contributed by atoms with Crippen molar-refractivity contribution >= 4 is 11.5 Å². The number of aryl methyl sites for hydroxylation is 2. The second-order valence-electron chi connectivity index (χ2n) is 6.88. The summed E-state index contributed by atoms with van der Waals surface area (Å²) in [6.45, 7) is 8.36. The van der Waals surface area contributed by atoms with E-state index >= 15 is 0 Å². The third kappa shape index (κ3) is 5.05. The fraction of sp³-hybridized carbons (Fsp3) is 0.429. The van der Waals surface area contributed by atoms with Gasteiger partial charge < -0.3 is 5.32 Å². The predicted octanol–water partition coefficient (Wildman–Crippen LogP) is 3.01. The van der Waals surface area contributed by atoms with E-state index in [2.05, 4.69) is 65.7 Å². The van der Waals surface area contributed by atoms with Gasteiger partial charge in [0, 0.05) is 50.9 Å². The zero-order chi connectivity index (χ0) is 18.4. The van der Waals surface area contributed by atoms with Crippen LogP contribution in [-0.4, -0.2) is 40.2 Å². The van der Waals surface area contributed by atoms with Crippen LogP contribution in [0.2, 0.25) is 0 Å². The molecule has 0 saturated carbocycles. The third-order valence-corrected chi connectivity index (χ3v) is 4.89. The van der Waals surface area contributed by atoms with Gasteiger partial charge in [0.05, 0.1) is 6.20 Å². The summed E-state index contributed by atoms with van der Waals surface area (Å²) in [5.74, 6) is 0.115. The Morgan fingerprint density at radius 3 is 2.73 bits per heavy atom. The molecule has 0 bridgehead atoms. The van der Waals surface area contributed by atoms with E-state index in [1.165, 1.54) is 16.7 Å². The maximum Gasteiger partial charge on any atom is 0.221 e. The van der Waals surface area contributed by atoms with Gasteiger partial charge in [0.2, 0.25) is 5.91 Å². The van der Waals surface area contributed by atoms with E-state index in [1.54, 1.807) is 0 Å². The Morgan fingerprint density at radius 2 is 2.08 bits per heavy atom. The normalized spacial score (nSPS) is 14.9. The van der Waals surface area contributed by atoms with E-state index in [0.717, 1.165) is 38.2 Å². The molecular formula is C21H28N4O. The van der Waals surface area contributed by atoms with Gasteiger partial charge >= 0.3 is 0 Å². The molecule has 2 aromatic rings. The smallest absolute Gasteiger partial charge is 0.221 e. The Morgan fingerprint density at radius 1 is 1.27 bits per heavy atom. The van der Waals surface area contributed by atoms with Gasteiger partial charge in [-0.2, -0.15) is 5.10 Å². The van der Waals surface area contributed by atoms with Crippen molar-refractivity contribution < 1.29 is 4.79 Å². The number of rotatable bonds is 7. The monoisotopic (exact) mass is 352 g/mol. The molecule has 3 rings (SSSR count). The van der Waals surface area contributed by atoms with Gasteiger partial charge in [-0.15, -0.1) is 0 Å². The lowest BCUT2D eigenvalue weighted by molar-refractivity contribution is -0.121. The molecule has 1 aromatic carbocycles. The lowest BCUT2D eigenvalue weighted by atomic mass is 10.0. The first-order valence-corrected chi connectivity index (χ1v) is 9.40. The Kier molecular flexibility index (Phi) is 6.23. The van der Waals surface area contributed by atoms with Crippen LogP contribution in [0.15, 0.2) is 42.7 Å². The molecule has 0 fully saturated rings. The van der Waals surface area contributed by atoms with E-state index in [4.69, 9.17) is 0 Å². The molecule has 0 radical (unpaired) electrons. The van der Waals surface area contributed by atoms with Crippen LogP contribution in [0.5, 0.6) is 0 Å². The Bertz CT molecular complexity index is 761. The Balaban J connectivity index is 1.40. The molecule has 1 amide bonds. The maximum atomic E-state index is 12.1. The molecule has 138 valence electrons. The van der Waals surface area contributed by atoms with Gasteiger partial charge in [0.1, 0.15) is 0 Å². The quantitative estimate of drug-likeness (QED) is 0.833. The number of benzene rings is 1. The molecule has 26 heavy (non-hydrogen) atoms. The van der Waals surface area contributed by atoms with Crippen molar-refractivity contribution in [2.24, 2.45) is 0 Å². The molecule has 0 atom stereocenters. The first-order valence-electron chi connectivity index (χ1n) is 9.40. The molecule has 5 heteroatoms. The molecule has 1 N–H and O–H groups in total. The first-order chi connectivity index (χ1) is 12.6. The van der Waals surface area contributed by atoms with Crippen LogP contribution in [0, 0.1) is 6.92 Å². The lowest BCUT2D eigenvalue weighted by Crippen LogP contribution is -2.33. The summed E-state index contributed by atoms with van der Waals surface area (Å²) in [5.41, 5.74) is 4.97. The van der Waals surface area contributed by atoms with Gasteiger partial charge in [0.15, 0.2) is 0 Å². The topological polar surface area (TPSA) is 50.2 Å². The molecule has 1 aliphatic heterocycles. The number of nitrogens with zero attached hydrogens (tertiary/aromatic N) is 3. The highest BCUT2D eigenvalue weighted by molar-refractivity contribution is 5.76. The molecule has 0 saturated heterocycles. The summed E-state index contributed by atoms with van der Waals surface area (Å²) in [6, 6.07) is 8.27. The zero-order valence-corrected chi connectivity index (χ0v) is 15.7. The summed E-state index contributed by atoms with van der Waals surface area (Å²) >= 11 is 0. The van der Waals surface area contributed by atoms with E-state index in [9.17, 15) is 4.79 Å². The van der Waals surface area contributed by atoms with Crippen molar-refractivity contribution in [3.63, 3.8) is 0 Å². The second-order valence-corrected chi connectivity index (χ2v) is 6.88. The number of hydrogen-bond donors (Lipinski definition) is 1. The highest BCUT2D eigenvalue weighted by Crippen LogP contribution is 2.21. The number of carbonyl (C=O) groups excluding carboxylic acids is 1. The maximum absolute atomic E-state index is 12.1. The highest BCUT2D eigenvalue weighted by atomic mass is 16.1. The minimum Gasteiger partial charge on any atom is -0.352 e. The number of hydrogen-bond acceptors (Lipinski definition) is 3. The van der Waals surface area contributed by atoms with Gasteiger partial charge in [-0.3, -0.25) is 14.4 Å². The van der Waals surface area contributed by atoms with Crippen molar-refractivity contribution in [3.05, 3.63) is 59.4 Å². The van der Waals surface area contributed by atoms with E-state index in [1.807, 2.05) is 10.9 Å².